The van der Waals surface area contributed by atoms with E-state index in [-0.39, 0.29) is 0 Å². The van der Waals surface area contributed by atoms with Gasteiger partial charge in [0.2, 0.25) is 0 Å². The maximum atomic E-state index is 8.60. The van der Waals surface area contributed by atoms with Crippen molar-refractivity contribution in [2.45, 2.75) is 39.9 Å². The van der Waals surface area contributed by atoms with E-state index in [0.717, 1.165) is 18.4 Å². The maximum Gasteiger partial charge on any atom is 0.171 e. The minimum Gasteiger partial charge on any atom is -0.365 e. The highest BCUT2D eigenvalue weighted by molar-refractivity contribution is 5.02. The first-order valence-electron chi connectivity index (χ1n) is 4.19. The molecule has 12 heavy (non-hydrogen) atoms. The van der Waals surface area contributed by atoms with E-state index in [2.05, 4.69) is 19.9 Å². The maximum absolute atomic E-state index is 8.60. The number of hydrogen-bond acceptors (Lipinski definition) is 2. The van der Waals surface area contributed by atoms with Crippen LogP contribution in [-0.2, 0) is 0 Å². The van der Waals surface area contributed by atoms with Crippen molar-refractivity contribution in [3.8, 4) is 0 Å². The lowest BCUT2D eigenvalue weighted by Crippen LogP contribution is -1.99. The van der Waals surface area contributed by atoms with E-state index in [1.165, 1.54) is 11.6 Å². The van der Waals surface area contributed by atoms with E-state index < -0.39 is 6.29 Å². The Hall–Kier alpha value is -0.600. The van der Waals surface area contributed by atoms with Crippen LogP contribution in [0.15, 0.2) is 23.3 Å². The zero-order valence-corrected chi connectivity index (χ0v) is 8.04. The fraction of sp³-hybridized carbons (Fsp3) is 0.600. The Bertz CT molecular complexity index is 174. The quantitative estimate of drug-likeness (QED) is 0.500. The lowest BCUT2D eigenvalue weighted by Gasteiger charge is -2.00. The first-order chi connectivity index (χ1) is 5.52. The highest BCUT2D eigenvalue weighted by Crippen LogP contribution is 2.06. The van der Waals surface area contributed by atoms with Gasteiger partial charge in [-0.05, 0) is 39.7 Å². The van der Waals surface area contributed by atoms with Gasteiger partial charge in [0.05, 0.1) is 0 Å². The van der Waals surface area contributed by atoms with E-state index in [4.69, 9.17) is 10.2 Å². The molecule has 2 nitrogen and oxygen atoms in total. The molecule has 0 aliphatic rings. The molecule has 0 aliphatic heterocycles. The minimum absolute atomic E-state index is 0.892. The van der Waals surface area contributed by atoms with Crippen molar-refractivity contribution < 1.29 is 10.2 Å². The van der Waals surface area contributed by atoms with E-state index >= 15 is 0 Å². The fourth-order valence-corrected chi connectivity index (χ4v) is 0.926. The lowest BCUT2D eigenvalue weighted by atomic mass is 10.1. The third kappa shape index (κ3) is 7.51. The fourth-order valence-electron chi connectivity index (χ4n) is 0.926. The van der Waals surface area contributed by atoms with E-state index in [1.54, 1.807) is 0 Å². The van der Waals surface area contributed by atoms with Gasteiger partial charge in [0.1, 0.15) is 0 Å². The second-order valence-corrected chi connectivity index (χ2v) is 3.25. The average molecular weight is 170 g/mol. The molecular formula is C10H18O2. The van der Waals surface area contributed by atoms with Crippen LogP contribution < -0.4 is 0 Å². The Balaban J connectivity index is 3.71. The van der Waals surface area contributed by atoms with Gasteiger partial charge < -0.3 is 10.2 Å². The van der Waals surface area contributed by atoms with Gasteiger partial charge in [-0.2, -0.15) is 0 Å². The predicted octanol–water partition coefficient (Wildman–Crippen LogP) is 1.99. The van der Waals surface area contributed by atoms with E-state index in [0.29, 0.717) is 0 Å². The third-order valence-corrected chi connectivity index (χ3v) is 1.52. The monoisotopic (exact) mass is 170 g/mol. The molecule has 70 valence electrons. The van der Waals surface area contributed by atoms with Crippen molar-refractivity contribution in [2.75, 3.05) is 0 Å². The van der Waals surface area contributed by atoms with Gasteiger partial charge in [0.15, 0.2) is 6.29 Å². The summed E-state index contributed by atoms with van der Waals surface area (Å²) in [7, 11) is 0. The summed E-state index contributed by atoms with van der Waals surface area (Å²) in [4.78, 5) is 0. The first kappa shape index (κ1) is 11.4. The number of rotatable bonds is 4. The Morgan fingerprint density at radius 1 is 1.25 bits per heavy atom. The molecule has 0 rings (SSSR count). The summed E-state index contributed by atoms with van der Waals surface area (Å²) in [5.41, 5.74) is 2.31. The molecule has 0 saturated heterocycles. The molecule has 0 aromatic carbocycles. The zero-order valence-electron chi connectivity index (χ0n) is 8.04. The molecule has 0 radical (unpaired) electrons. The predicted molar refractivity (Wildman–Crippen MR) is 50.6 cm³/mol. The Morgan fingerprint density at radius 2 is 1.83 bits per heavy atom. The number of allylic oxidation sites excluding steroid dienone is 3. The lowest BCUT2D eigenvalue weighted by molar-refractivity contribution is 0.00164. The van der Waals surface area contributed by atoms with Gasteiger partial charge >= 0.3 is 0 Å². The second-order valence-electron chi connectivity index (χ2n) is 3.25. The molecule has 0 aromatic heterocycles. The summed E-state index contributed by atoms with van der Waals surface area (Å²) in [5, 5.41) is 17.2. The van der Waals surface area contributed by atoms with Crippen molar-refractivity contribution in [3.05, 3.63) is 23.3 Å². The SMILES string of the molecule is CC(C)=CCCC(C)=CC(O)O. The van der Waals surface area contributed by atoms with Crippen molar-refractivity contribution in [2.24, 2.45) is 0 Å². The zero-order chi connectivity index (χ0) is 9.56. The molecule has 0 saturated carbocycles. The Kier molecular flexibility index (Phi) is 5.68. The molecule has 0 amide bonds. The summed E-state index contributed by atoms with van der Waals surface area (Å²) in [6.07, 6.45) is 4.15. The number of hydrogen-bond donors (Lipinski definition) is 2. The van der Waals surface area contributed by atoms with Crippen molar-refractivity contribution >= 4 is 0 Å². The molecule has 0 spiro atoms. The first-order valence-corrected chi connectivity index (χ1v) is 4.19. The second kappa shape index (κ2) is 5.98. The van der Waals surface area contributed by atoms with Crippen LogP contribution in [0.25, 0.3) is 0 Å². The Morgan fingerprint density at radius 3 is 2.25 bits per heavy atom. The molecule has 0 aliphatic carbocycles. The molecule has 0 unspecified atom stereocenters. The van der Waals surface area contributed by atoms with Crippen LogP contribution in [-0.4, -0.2) is 16.5 Å². The van der Waals surface area contributed by atoms with E-state index in [1.807, 2.05) is 6.92 Å². The number of aliphatic hydroxyl groups excluding tert-OH is 1. The van der Waals surface area contributed by atoms with Gasteiger partial charge in [0, 0.05) is 0 Å². The number of aliphatic hydroxyl groups is 2. The smallest absolute Gasteiger partial charge is 0.171 e. The van der Waals surface area contributed by atoms with Gasteiger partial charge in [-0.25, -0.2) is 0 Å². The van der Waals surface area contributed by atoms with Crippen molar-refractivity contribution in [1.29, 1.82) is 0 Å². The van der Waals surface area contributed by atoms with Gasteiger partial charge in [-0.3, -0.25) is 0 Å². The van der Waals surface area contributed by atoms with Crippen LogP contribution in [0, 0.1) is 0 Å². The standard InChI is InChI=1S/C10H18O2/c1-8(2)5-4-6-9(3)7-10(11)12/h5,7,10-12H,4,6H2,1-3H3. The summed E-state index contributed by atoms with van der Waals surface area (Å²) < 4.78 is 0. The van der Waals surface area contributed by atoms with Gasteiger partial charge in [0.25, 0.3) is 0 Å². The summed E-state index contributed by atoms with van der Waals surface area (Å²) in [6.45, 7) is 6.01. The molecule has 0 heterocycles. The van der Waals surface area contributed by atoms with Crippen LogP contribution >= 0.6 is 0 Å². The summed E-state index contributed by atoms with van der Waals surface area (Å²) in [6, 6.07) is 0. The van der Waals surface area contributed by atoms with Crippen LogP contribution in [0.2, 0.25) is 0 Å². The summed E-state index contributed by atoms with van der Waals surface area (Å²) in [5.74, 6) is 0. The van der Waals surface area contributed by atoms with Gasteiger partial charge in [-0.1, -0.05) is 17.2 Å². The molecule has 0 bridgehead atoms. The van der Waals surface area contributed by atoms with Crippen LogP contribution in [0.1, 0.15) is 33.6 Å². The minimum atomic E-state index is -1.31. The van der Waals surface area contributed by atoms with Crippen LogP contribution in [0.4, 0.5) is 0 Å². The van der Waals surface area contributed by atoms with Crippen LogP contribution in [0.5, 0.6) is 0 Å². The van der Waals surface area contributed by atoms with Gasteiger partial charge in [-0.15, -0.1) is 0 Å². The largest absolute Gasteiger partial charge is 0.365 e. The third-order valence-electron chi connectivity index (χ3n) is 1.52. The Labute approximate surface area is 74.2 Å². The molecule has 0 atom stereocenters. The summed E-state index contributed by atoms with van der Waals surface area (Å²) >= 11 is 0. The highest BCUT2D eigenvalue weighted by Gasteiger charge is 1.93. The normalized spacial score (nSPS) is 12.0. The molecule has 0 aromatic rings. The van der Waals surface area contributed by atoms with E-state index in [9.17, 15) is 0 Å². The van der Waals surface area contributed by atoms with Crippen LogP contribution in [0.3, 0.4) is 0 Å². The molecular weight excluding hydrogens is 152 g/mol. The topological polar surface area (TPSA) is 40.5 Å². The highest BCUT2D eigenvalue weighted by atomic mass is 16.5. The molecule has 0 fully saturated rings. The van der Waals surface area contributed by atoms with Crippen molar-refractivity contribution in [3.63, 3.8) is 0 Å². The average Bonchev–Trinajstić information content (AvgIpc) is 1.84. The van der Waals surface area contributed by atoms with Crippen molar-refractivity contribution in [1.82, 2.24) is 0 Å². The molecule has 2 N–H and O–H groups in total. The molecule has 2 heteroatoms.